The molecule has 0 spiro atoms. The van der Waals surface area contributed by atoms with Crippen molar-refractivity contribution < 1.29 is 4.79 Å². The van der Waals surface area contributed by atoms with E-state index in [1.54, 1.807) is 16.9 Å². The molecule has 0 saturated carbocycles. The Bertz CT molecular complexity index is 535. The summed E-state index contributed by atoms with van der Waals surface area (Å²) in [6.45, 7) is 2.96. The van der Waals surface area contributed by atoms with E-state index in [1.165, 1.54) is 0 Å². The Kier molecular flexibility index (Phi) is 4.30. The molecule has 0 aliphatic carbocycles. The number of benzene rings is 1. The quantitative estimate of drug-likeness (QED) is 0.855. The van der Waals surface area contributed by atoms with Gasteiger partial charge in [-0.25, -0.2) is 4.68 Å². The molecule has 1 aromatic carbocycles. The smallest absolute Gasteiger partial charge is 0.234 e. The van der Waals surface area contributed by atoms with Gasteiger partial charge in [-0.05, 0) is 12.5 Å². The molecule has 5 heteroatoms. The monoisotopic (exact) mass is 258 g/mol. The van der Waals surface area contributed by atoms with Crippen LogP contribution in [0.2, 0.25) is 0 Å². The fraction of sp³-hybridized carbons (Fsp3) is 0.286. The second-order valence-electron chi connectivity index (χ2n) is 4.22. The molecule has 19 heavy (non-hydrogen) atoms. The minimum absolute atomic E-state index is 0.107. The van der Waals surface area contributed by atoms with Crippen molar-refractivity contribution in [1.82, 2.24) is 9.78 Å². The summed E-state index contributed by atoms with van der Waals surface area (Å²) in [4.78, 5) is 12.3. The Morgan fingerprint density at radius 1 is 1.37 bits per heavy atom. The maximum absolute atomic E-state index is 12.3. The molecule has 5 nitrogen and oxygen atoms in total. The van der Waals surface area contributed by atoms with E-state index in [1.807, 2.05) is 37.3 Å². The number of carbonyl (C=O) groups excluding carboxylic acids is 1. The molecule has 0 fully saturated rings. The van der Waals surface area contributed by atoms with E-state index in [2.05, 4.69) is 10.4 Å². The Balaban J connectivity index is 2.14. The number of aryl methyl sites for hydroxylation is 1. The van der Waals surface area contributed by atoms with Gasteiger partial charge in [0.15, 0.2) is 0 Å². The molecule has 1 unspecified atom stereocenters. The molecule has 0 aliphatic heterocycles. The van der Waals surface area contributed by atoms with Crippen LogP contribution in [0.15, 0.2) is 42.6 Å². The predicted molar refractivity (Wildman–Crippen MR) is 74.8 cm³/mol. The number of hydrogen-bond donors (Lipinski definition) is 2. The molecule has 0 aliphatic rings. The van der Waals surface area contributed by atoms with Crippen LogP contribution in [-0.4, -0.2) is 22.2 Å². The minimum Gasteiger partial charge on any atom is -0.329 e. The van der Waals surface area contributed by atoms with E-state index in [-0.39, 0.29) is 18.4 Å². The van der Waals surface area contributed by atoms with Gasteiger partial charge in [-0.3, -0.25) is 4.79 Å². The normalized spacial score (nSPS) is 12.1. The third-order valence-electron chi connectivity index (χ3n) is 3.02. The summed E-state index contributed by atoms with van der Waals surface area (Å²) >= 11 is 0. The number of nitrogens with two attached hydrogens (primary N) is 1. The first-order valence-electron chi connectivity index (χ1n) is 6.34. The fourth-order valence-electron chi connectivity index (χ4n) is 1.98. The molecule has 1 heterocycles. The van der Waals surface area contributed by atoms with Crippen molar-refractivity contribution in [3.63, 3.8) is 0 Å². The number of amides is 1. The highest BCUT2D eigenvalue weighted by atomic mass is 16.2. The topological polar surface area (TPSA) is 72.9 Å². The van der Waals surface area contributed by atoms with Crippen molar-refractivity contribution in [2.24, 2.45) is 5.73 Å². The molecule has 2 rings (SSSR count). The van der Waals surface area contributed by atoms with E-state index >= 15 is 0 Å². The van der Waals surface area contributed by atoms with Gasteiger partial charge in [0.1, 0.15) is 5.82 Å². The molecule has 2 aromatic rings. The van der Waals surface area contributed by atoms with E-state index in [4.69, 9.17) is 5.73 Å². The van der Waals surface area contributed by atoms with Crippen LogP contribution in [0.4, 0.5) is 5.82 Å². The minimum atomic E-state index is -0.346. The zero-order valence-electron chi connectivity index (χ0n) is 10.9. The molecular weight excluding hydrogens is 240 g/mol. The van der Waals surface area contributed by atoms with E-state index in [0.29, 0.717) is 12.4 Å². The molecule has 0 bridgehead atoms. The number of carbonyl (C=O) groups is 1. The Hall–Kier alpha value is -2.14. The van der Waals surface area contributed by atoms with E-state index in [0.717, 1.165) is 5.56 Å². The molecule has 1 atom stereocenters. The van der Waals surface area contributed by atoms with Crippen molar-refractivity contribution in [1.29, 1.82) is 0 Å². The summed E-state index contributed by atoms with van der Waals surface area (Å²) in [6.07, 6.45) is 1.67. The number of nitrogens with zero attached hydrogens (tertiary/aromatic N) is 2. The lowest BCUT2D eigenvalue weighted by molar-refractivity contribution is -0.117. The Labute approximate surface area is 112 Å². The molecule has 0 saturated heterocycles. The molecule has 0 radical (unpaired) electrons. The molecule has 1 aromatic heterocycles. The molecule has 3 N–H and O–H groups in total. The van der Waals surface area contributed by atoms with Gasteiger partial charge in [0.05, 0.1) is 12.1 Å². The van der Waals surface area contributed by atoms with Crippen LogP contribution in [0.1, 0.15) is 18.4 Å². The first-order chi connectivity index (χ1) is 9.26. The van der Waals surface area contributed by atoms with Crippen LogP contribution in [0.5, 0.6) is 0 Å². The first-order valence-corrected chi connectivity index (χ1v) is 6.34. The highest BCUT2D eigenvalue weighted by molar-refractivity contribution is 5.95. The summed E-state index contributed by atoms with van der Waals surface area (Å²) in [5.41, 5.74) is 6.64. The number of hydrogen-bond acceptors (Lipinski definition) is 3. The number of aromatic nitrogens is 2. The standard InChI is InChI=1S/C14H18N4O/c1-2-18-13(8-9-16-18)17-14(19)12(10-15)11-6-4-3-5-7-11/h3-9,12H,2,10,15H2,1H3,(H,17,19). The van der Waals surface area contributed by atoms with Crippen LogP contribution in [-0.2, 0) is 11.3 Å². The van der Waals surface area contributed by atoms with Gasteiger partial charge in [-0.2, -0.15) is 5.10 Å². The number of rotatable bonds is 5. The first kappa shape index (κ1) is 13.3. The second kappa shape index (κ2) is 6.15. The Morgan fingerprint density at radius 3 is 2.74 bits per heavy atom. The largest absolute Gasteiger partial charge is 0.329 e. The second-order valence-corrected chi connectivity index (χ2v) is 4.22. The fourth-order valence-corrected chi connectivity index (χ4v) is 1.98. The summed E-state index contributed by atoms with van der Waals surface area (Å²) < 4.78 is 1.73. The van der Waals surface area contributed by atoms with E-state index in [9.17, 15) is 4.79 Å². The lowest BCUT2D eigenvalue weighted by atomic mass is 9.98. The third kappa shape index (κ3) is 3.00. The molecular formula is C14H18N4O. The zero-order valence-corrected chi connectivity index (χ0v) is 10.9. The van der Waals surface area contributed by atoms with Gasteiger partial charge in [-0.1, -0.05) is 30.3 Å². The summed E-state index contributed by atoms with van der Waals surface area (Å²) in [7, 11) is 0. The van der Waals surface area contributed by atoms with Crippen molar-refractivity contribution in [3.05, 3.63) is 48.2 Å². The van der Waals surface area contributed by atoms with Crippen LogP contribution in [0, 0.1) is 0 Å². The lowest BCUT2D eigenvalue weighted by Gasteiger charge is -2.15. The summed E-state index contributed by atoms with van der Waals surface area (Å²) in [6, 6.07) is 11.3. The van der Waals surface area contributed by atoms with Gasteiger partial charge >= 0.3 is 0 Å². The van der Waals surface area contributed by atoms with Gasteiger partial charge < -0.3 is 11.1 Å². The van der Waals surface area contributed by atoms with Crippen LogP contribution >= 0.6 is 0 Å². The highest BCUT2D eigenvalue weighted by Gasteiger charge is 2.19. The number of nitrogens with one attached hydrogen (secondary N) is 1. The average molecular weight is 258 g/mol. The zero-order chi connectivity index (χ0) is 13.7. The van der Waals surface area contributed by atoms with Gasteiger partial charge in [0.25, 0.3) is 0 Å². The van der Waals surface area contributed by atoms with Crippen molar-refractivity contribution in [2.75, 3.05) is 11.9 Å². The van der Waals surface area contributed by atoms with Crippen molar-refractivity contribution >= 4 is 11.7 Å². The number of anilines is 1. The van der Waals surface area contributed by atoms with Crippen LogP contribution in [0.3, 0.4) is 0 Å². The van der Waals surface area contributed by atoms with Gasteiger partial charge in [0, 0.05) is 19.2 Å². The highest BCUT2D eigenvalue weighted by Crippen LogP contribution is 2.17. The molecule has 100 valence electrons. The summed E-state index contributed by atoms with van der Waals surface area (Å²) in [5, 5.41) is 6.99. The Morgan fingerprint density at radius 2 is 2.11 bits per heavy atom. The SMILES string of the molecule is CCn1nccc1NC(=O)C(CN)c1ccccc1. The van der Waals surface area contributed by atoms with Gasteiger partial charge in [-0.15, -0.1) is 0 Å². The maximum Gasteiger partial charge on any atom is 0.234 e. The van der Waals surface area contributed by atoms with Crippen molar-refractivity contribution in [3.8, 4) is 0 Å². The maximum atomic E-state index is 12.3. The van der Waals surface area contributed by atoms with Gasteiger partial charge in [0.2, 0.25) is 5.91 Å². The van der Waals surface area contributed by atoms with E-state index < -0.39 is 0 Å². The molecule has 1 amide bonds. The van der Waals surface area contributed by atoms with Crippen molar-refractivity contribution in [2.45, 2.75) is 19.4 Å². The predicted octanol–water partition coefficient (Wildman–Crippen LogP) is 1.58. The van der Waals surface area contributed by atoms with Crippen LogP contribution < -0.4 is 11.1 Å². The summed E-state index contributed by atoms with van der Waals surface area (Å²) in [5.74, 6) is 0.243. The van der Waals surface area contributed by atoms with Crippen LogP contribution in [0.25, 0.3) is 0 Å². The third-order valence-corrected chi connectivity index (χ3v) is 3.02. The lowest BCUT2D eigenvalue weighted by Crippen LogP contribution is -2.28. The average Bonchev–Trinajstić information content (AvgIpc) is 2.88.